The van der Waals surface area contributed by atoms with Gasteiger partial charge in [0.15, 0.2) is 9.84 Å². The van der Waals surface area contributed by atoms with E-state index < -0.39 is 21.0 Å². The van der Waals surface area contributed by atoms with Gasteiger partial charge >= 0.3 is 0 Å². The lowest BCUT2D eigenvalue weighted by molar-refractivity contribution is -0.121. The first-order valence-electron chi connectivity index (χ1n) is 6.66. The number of carbonyl (C=O) groups excluding carboxylic acids is 1. The number of hydrogen-bond acceptors (Lipinski definition) is 4. The van der Waals surface area contributed by atoms with Gasteiger partial charge in [0.1, 0.15) is 5.25 Å². The van der Waals surface area contributed by atoms with Crippen molar-refractivity contribution < 1.29 is 13.2 Å². The summed E-state index contributed by atoms with van der Waals surface area (Å²) < 4.78 is 22.9. The van der Waals surface area contributed by atoms with E-state index in [1.54, 1.807) is 0 Å². The van der Waals surface area contributed by atoms with E-state index in [4.69, 9.17) is 5.73 Å². The predicted octanol–water partition coefficient (Wildman–Crippen LogP) is 1.20. The van der Waals surface area contributed by atoms with E-state index in [0.29, 0.717) is 5.69 Å². The molecular formula is C14H20N2O3S. The molecule has 0 radical (unpaired) electrons. The highest BCUT2D eigenvalue weighted by Gasteiger charge is 2.28. The number of fused-ring (bicyclic) bond motifs is 1. The third kappa shape index (κ3) is 3.12. The van der Waals surface area contributed by atoms with Gasteiger partial charge in [-0.2, -0.15) is 0 Å². The Balaban J connectivity index is 2.19. The van der Waals surface area contributed by atoms with Crippen molar-refractivity contribution in [3.05, 3.63) is 29.3 Å². The monoisotopic (exact) mass is 296 g/mol. The molecule has 0 aliphatic heterocycles. The van der Waals surface area contributed by atoms with Crippen LogP contribution in [0.25, 0.3) is 0 Å². The summed E-state index contributed by atoms with van der Waals surface area (Å²) in [5.41, 5.74) is 8.65. The van der Waals surface area contributed by atoms with Crippen molar-refractivity contribution in [1.29, 1.82) is 0 Å². The number of nitrogens with one attached hydrogen (secondary N) is 1. The zero-order valence-corrected chi connectivity index (χ0v) is 12.5. The average molecular weight is 296 g/mol. The molecule has 2 rings (SSSR count). The number of rotatable bonds is 3. The van der Waals surface area contributed by atoms with E-state index in [1.165, 1.54) is 6.92 Å². The topological polar surface area (TPSA) is 89.3 Å². The van der Waals surface area contributed by atoms with Crippen molar-refractivity contribution in [1.82, 2.24) is 5.32 Å². The van der Waals surface area contributed by atoms with E-state index >= 15 is 0 Å². The molecule has 6 heteroatoms. The van der Waals surface area contributed by atoms with Crippen LogP contribution in [0.1, 0.15) is 36.9 Å². The van der Waals surface area contributed by atoms with Crippen LogP contribution in [0.4, 0.5) is 5.69 Å². The fraction of sp³-hybridized carbons (Fsp3) is 0.500. The van der Waals surface area contributed by atoms with Gasteiger partial charge in [0.25, 0.3) is 0 Å². The number of amides is 1. The van der Waals surface area contributed by atoms with Crippen molar-refractivity contribution in [2.24, 2.45) is 0 Å². The van der Waals surface area contributed by atoms with Gasteiger partial charge in [-0.1, -0.05) is 6.07 Å². The summed E-state index contributed by atoms with van der Waals surface area (Å²) in [7, 11) is -3.37. The van der Waals surface area contributed by atoms with Gasteiger partial charge in [-0.3, -0.25) is 4.79 Å². The molecule has 3 N–H and O–H groups in total. The lowest BCUT2D eigenvalue weighted by Crippen LogP contribution is -2.40. The quantitative estimate of drug-likeness (QED) is 0.820. The van der Waals surface area contributed by atoms with E-state index in [0.717, 1.165) is 36.6 Å². The highest BCUT2D eigenvalue weighted by molar-refractivity contribution is 7.92. The molecule has 0 bridgehead atoms. The molecule has 0 saturated carbocycles. The minimum Gasteiger partial charge on any atom is -0.399 e. The van der Waals surface area contributed by atoms with Crippen molar-refractivity contribution in [2.75, 3.05) is 12.0 Å². The van der Waals surface area contributed by atoms with Crippen LogP contribution >= 0.6 is 0 Å². The molecule has 0 saturated heterocycles. The maximum absolute atomic E-state index is 12.0. The molecule has 0 fully saturated rings. The van der Waals surface area contributed by atoms with Gasteiger partial charge in [0.2, 0.25) is 5.91 Å². The molecule has 0 aromatic heterocycles. The first kappa shape index (κ1) is 14.8. The van der Waals surface area contributed by atoms with Crippen molar-refractivity contribution >= 4 is 21.4 Å². The summed E-state index contributed by atoms with van der Waals surface area (Å²) in [5.74, 6) is -0.442. The minimum absolute atomic E-state index is 0.129. The van der Waals surface area contributed by atoms with Crippen molar-refractivity contribution in [3.8, 4) is 0 Å². The lowest BCUT2D eigenvalue weighted by atomic mass is 9.87. The van der Waals surface area contributed by atoms with Gasteiger partial charge in [-0.25, -0.2) is 8.42 Å². The molecule has 5 nitrogen and oxygen atoms in total. The molecule has 110 valence electrons. The van der Waals surface area contributed by atoms with Crippen LogP contribution in [0.2, 0.25) is 0 Å². The summed E-state index contributed by atoms with van der Waals surface area (Å²) in [4.78, 5) is 12.0. The Morgan fingerprint density at radius 2 is 2.15 bits per heavy atom. The molecule has 20 heavy (non-hydrogen) atoms. The summed E-state index contributed by atoms with van der Waals surface area (Å²) >= 11 is 0. The molecule has 0 spiro atoms. The van der Waals surface area contributed by atoms with Gasteiger partial charge in [-0.05, 0) is 49.4 Å². The number of nitrogen functional groups attached to an aromatic ring is 1. The van der Waals surface area contributed by atoms with E-state index in [-0.39, 0.29) is 6.04 Å². The van der Waals surface area contributed by atoms with Gasteiger partial charge < -0.3 is 11.1 Å². The Kier molecular flexibility index (Phi) is 4.04. The summed E-state index contributed by atoms with van der Waals surface area (Å²) in [6, 6.07) is 5.52. The molecule has 0 heterocycles. The van der Waals surface area contributed by atoms with Gasteiger partial charge in [-0.15, -0.1) is 0 Å². The fourth-order valence-corrected chi connectivity index (χ4v) is 2.92. The Labute approximate surface area is 119 Å². The number of benzene rings is 1. The number of hydrogen-bond donors (Lipinski definition) is 2. The fourth-order valence-electron chi connectivity index (χ4n) is 2.47. The van der Waals surface area contributed by atoms with E-state index in [1.807, 2.05) is 18.2 Å². The average Bonchev–Trinajstić information content (AvgIpc) is 2.36. The van der Waals surface area contributed by atoms with Crippen LogP contribution in [-0.4, -0.2) is 25.8 Å². The zero-order valence-electron chi connectivity index (χ0n) is 11.7. The number of carbonyl (C=O) groups is 1. The lowest BCUT2D eigenvalue weighted by Gasteiger charge is -2.27. The van der Waals surface area contributed by atoms with Gasteiger partial charge in [0.05, 0.1) is 6.04 Å². The molecule has 1 amide bonds. The number of nitrogens with two attached hydrogens (primary N) is 1. The molecule has 1 aromatic rings. The number of anilines is 1. The second kappa shape index (κ2) is 5.44. The molecule has 2 atom stereocenters. The third-order valence-corrected chi connectivity index (χ3v) is 5.31. The third-order valence-electron chi connectivity index (χ3n) is 3.81. The Morgan fingerprint density at radius 3 is 2.80 bits per heavy atom. The van der Waals surface area contributed by atoms with Crippen LogP contribution in [0.5, 0.6) is 0 Å². The standard InChI is InChI=1S/C14H20N2O3S/c1-9(20(2,18)19)14(17)16-13-5-3-4-10-8-11(15)6-7-12(10)13/h6-9,13H,3-5,15H2,1-2H3,(H,16,17). The second-order valence-electron chi connectivity index (χ2n) is 5.38. The number of aryl methyl sites for hydroxylation is 1. The Morgan fingerprint density at radius 1 is 1.45 bits per heavy atom. The van der Waals surface area contributed by atoms with Crippen molar-refractivity contribution in [3.63, 3.8) is 0 Å². The normalized spacial score (nSPS) is 20.0. The maximum Gasteiger partial charge on any atom is 0.238 e. The van der Waals surface area contributed by atoms with Crippen LogP contribution in [0.15, 0.2) is 18.2 Å². The largest absolute Gasteiger partial charge is 0.399 e. The Hall–Kier alpha value is -1.56. The molecule has 1 aliphatic rings. The maximum atomic E-state index is 12.0. The van der Waals surface area contributed by atoms with Crippen LogP contribution in [0, 0.1) is 0 Å². The number of sulfone groups is 1. The molecule has 2 unspecified atom stereocenters. The van der Waals surface area contributed by atoms with Crippen LogP contribution < -0.4 is 11.1 Å². The smallest absolute Gasteiger partial charge is 0.238 e. The van der Waals surface area contributed by atoms with Crippen LogP contribution in [-0.2, 0) is 21.1 Å². The summed E-state index contributed by atoms with van der Waals surface area (Å²) in [6.45, 7) is 1.41. The van der Waals surface area contributed by atoms with Gasteiger partial charge in [0, 0.05) is 11.9 Å². The summed E-state index contributed by atoms with van der Waals surface area (Å²) in [6.07, 6.45) is 3.79. The first-order valence-corrected chi connectivity index (χ1v) is 8.62. The van der Waals surface area contributed by atoms with Crippen molar-refractivity contribution in [2.45, 2.75) is 37.5 Å². The summed E-state index contributed by atoms with van der Waals surface area (Å²) in [5, 5.41) is 1.82. The minimum atomic E-state index is -3.37. The van der Waals surface area contributed by atoms with Crippen LogP contribution in [0.3, 0.4) is 0 Å². The first-order chi connectivity index (χ1) is 9.29. The predicted molar refractivity (Wildman–Crippen MR) is 79.0 cm³/mol. The molecule has 1 aromatic carbocycles. The van der Waals surface area contributed by atoms with E-state index in [2.05, 4.69) is 5.32 Å². The zero-order chi connectivity index (χ0) is 14.9. The SMILES string of the molecule is CC(C(=O)NC1CCCc2cc(N)ccc21)S(C)(=O)=O. The highest BCUT2D eigenvalue weighted by Crippen LogP contribution is 2.31. The molecule has 1 aliphatic carbocycles. The Bertz CT molecular complexity index is 625. The highest BCUT2D eigenvalue weighted by atomic mass is 32.2. The van der Waals surface area contributed by atoms with E-state index in [9.17, 15) is 13.2 Å². The second-order valence-corrected chi connectivity index (χ2v) is 7.75. The molecular weight excluding hydrogens is 276 g/mol.